The summed E-state index contributed by atoms with van der Waals surface area (Å²) in [6, 6.07) is 4.56. The van der Waals surface area contributed by atoms with Crippen LogP contribution in [0.25, 0.3) is 11.0 Å². The maximum absolute atomic E-state index is 13.2. The van der Waals surface area contributed by atoms with Crippen molar-refractivity contribution < 1.29 is 8.78 Å². The molecule has 0 aliphatic rings. The molecule has 0 spiro atoms. The molecule has 0 radical (unpaired) electrons. The second-order valence-electron chi connectivity index (χ2n) is 5.65. The fourth-order valence-electron chi connectivity index (χ4n) is 2.14. The summed E-state index contributed by atoms with van der Waals surface area (Å²) in [5, 5.41) is 8.93. The number of unbranched alkanes of at least 4 members (excludes halogenated alkanes) is 1. The second-order valence-corrected chi connectivity index (χ2v) is 5.65. The van der Waals surface area contributed by atoms with Gasteiger partial charge in [-0.3, -0.25) is 0 Å². The van der Waals surface area contributed by atoms with Crippen molar-refractivity contribution >= 4 is 11.0 Å². The van der Waals surface area contributed by atoms with Crippen LogP contribution in [0, 0.1) is 28.4 Å². The minimum atomic E-state index is -0.876. The smallest absolute Gasteiger partial charge is 0.161 e. The highest BCUT2D eigenvalue weighted by molar-refractivity contribution is 5.75. The van der Waals surface area contributed by atoms with Gasteiger partial charge in [-0.2, -0.15) is 5.26 Å². The third kappa shape index (κ3) is 3.13. The van der Waals surface area contributed by atoms with E-state index < -0.39 is 11.6 Å². The molecule has 5 heteroatoms. The van der Waals surface area contributed by atoms with Crippen molar-refractivity contribution in [3.05, 3.63) is 30.1 Å². The van der Waals surface area contributed by atoms with Crippen molar-refractivity contribution in [2.75, 3.05) is 0 Å². The number of hydrogen-bond donors (Lipinski definition) is 0. The lowest BCUT2D eigenvalue weighted by atomic mass is 9.89. The first-order chi connectivity index (χ1) is 9.43. The molecule has 0 saturated carbocycles. The van der Waals surface area contributed by atoms with Crippen LogP contribution in [0.2, 0.25) is 0 Å². The summed E-state index contributed by atoms with van der Waals surface area (Å²) in [7, 11) is 0. The maximum atomic E-state index is 13.2. The number of imidazole rings is 1. The standard InChI is InChI=1S/C15H17F2N3/c1-15(2,9-18)5-3-4-6-20-10-19-13-7-11(16)12(17)8-14(13)20/h7-8,10H,3-6H2,1-2H3. The zero-order valence-corrected chi connectivity index (χ0v) is 11.7. The predicted molar refractivity (Wildman–Crippen MR) is 72.9 cm³/mol. The molecule has 2 aromatic rings. The molecule has 1 aromatic heterocycles. The highest BCUT2D eigenvalue weighted by Gasteiger charge is 2.15. The van der Waals surface area contributed by atoms with E-state index in [1.54, 1.807) is 6.33 Å². The zero-order chi connectivity index (χ0) is 14.8. The number of nitrogens with zero attached hydrogens (tertiary/aromatic N) is 3. The Balaban J connectivity index is 2.01. The van der Waals surface area contributed by atoms with Crippen LogP contribution in [0.5, 0.6) is 0 Å². The largest absolute Gasteiger partial charge is 0.331 e. The molecule has 0 aliphatic carbocycles. The first kappa shape index (κ1) is 14.4. The molecule has 0 amide bonds. The van der Waals surface area contributed by atoms with Gasteiger partial charge in [0.15, 0.2) is 11.6 Å². The van der Waals surface area contributed by atoms with Gasteiger partial charge in [-0.25, -0.2) is 13.8 Å². The Morgan fingerprint density at radius 1 is 1.25 bits per heavy atom. The van der Waals surface area contributed by atoms with E-state index in [0.29, 0.717) is 17.6 Å². The van der Waals surface area contributed by atoms with E-state index in [-0.39, 0.29) is 5.41 Å². The molecular formula is C15H17F2N3. The van der Waals surface area contributed by atoms with Crippen LogP contribution in [-0.4, -0.2) is 9.55 Å². The molecule has 0 fully saturated rings. The lowest BCUT2D eigenvalue weighted by molar-refractivity contribution is 0.418. The average Bonchev–Trinajstić information content (AvgIpc) is 2.78. The summed E-state index contributed by atoms with van der Waals surface area (Å²) in [6.45, 7) is 4.51. The lowest BCUT2D eigenvalue weighted by Gasteiger charge is -2.14. The number of benzene rings is 1. The van der Waals surface area contributed by atoms with E-state index in [4.69, 9.17) is 5.26 Å². The van der Waals surface area contributed by atoms with E-state index in [0.717, 1.165) is 25.3 Å². The fourth-order valence-corrected chi connectivity index (χ4v) is 2.14. The van der Waals surface area contributed by atoms with Crippen molar-refractivity contribution in [1.29, 1.82) is 5.26 Å². The Bertz CT molecular complexity index is 653. The van der Waals surface area contributed by atoms with Crippen molar-refractivity contribution in [3.8, 4) is 6.07 Å². The van der Waals surface area contributed by atoms with Gasteiger partial charge >= 0.3 is 0 Å². The third-order valence-corrected chi connectivity index (χ3v) is 3.42. The van der Waals surface area contributed by atoms with Crippen LogP contribution in [0.3, 0.4) is 0 Å². The van der Waals surface area contributed by atoms with Crippen LogP contribution in [0.15, 0.2) is 18.5 Å². The number of hydrogen-bond acceptors (Lipinski definition) is 2. The zero-order valence-electron chi connectivity index (χ0n) is 11.7. The Kier molecular flexibility index (Phi) is 4.03. The van der Waals surface area contributed by atoms with E-state index in [9.17, 15) is 8.78 Å². The highest BCUT2D eigenvalue weighted by Crippen LogP contribution is 2.23. The van der Waals surface area contributed by atoms with Gasteiger partial charge in [0.1, 0.15) is 0 Å². The molecular weight excluding hydrogens is 260 g/mol. The Labute approximate surface area is 116 Å². The number of aryl methyl sites for hydroxylation is 1. The molecule has 106 valence electrons. The summed E-state index contributed by atoms with van der Waals surface area (Å²) >= 11 is 0. The average molecular weight is 277 g/mol. The van der Waals surface area contributed by atoms with Gasteiger partial charge in [-0.15, -0.1) is 0 Å². The molecule has 20 heavy (non-hydrogen) atoms. The molecule has 0 N–H and O–H groups in total. The van der Waals surface area contributed by atoms with Crippen LogP contribution >= 0.6 is 0 Å². The second kappa shape index (κ2) is 5.58. The minimum Gasteiger partial charge on any atom is -0.331 e. The molecule has 0 unspecified atom stereocenters. The number of fused-ring (bicyclic) bond motifs is 1. The first-order valence-electron chi connectivity index (χ1n) is 6.64. The van der Waals surface area contributed by atoms with Gasteiger partial charge in [0.2, 0.25) is 0 Å². The van der Waals surface area contributed by atoms with Crippen molar-refractivity contribution in [2.45, 2.75) is 39.7 Å². The summed E-state index contributed by atoms with van der Waals surface area (Å²) in [6.07, 6.45) is 4.19. The third-order valence-electron chi connectivity index (χ3n) is 3.42. The van der Waals surface area contributed by atoms with Gasteiger partial charge in [-0.1, -0.05) is 6.42 Å². The van der Waals surface area contributed by atoms with Crippen LogP contribution in [0.4, 0.5) is 8.78 Å². The Morgan fingerprint density at radius 2 is 1.95 bits per heavy atom. The number of halogens is 2. The molecule has 0 atom stereocenters. The van der Waals surface area contributed by atoms with E-state index >= 15 is 0 Å². The van der Waals surface area contributed by atoms with Gasteiger partial charge in [-0.05, 0) is 26.7 Å². The summed E-state index contributed by atoms with van der Waals surface area (Å²) in [5.41, 5.74) is 0.747. The first-order valence-corrected chi connectivity index (χ1v) is 6.64. The minimum absolute atomic E-state index is 0.313. The van der Waals surface area contributed by atoms with Gasteiger partial charge in [0, 0.05) is 18.7 Å². The Morgan fingerprint density at radius 3 is 2.65 bits per heavy atom. The Hall–Kier alpha value is -1.96. The summed E-state index contributed by atoms with van der Waals surface area (Å²) < 4.78 is 28.1. The molecule has 3 nitrogen and oxygen atoms in total. The number of rotatable bonds is 5. The molecule has 1 heterocycles. The van der Waals surface area contributed by atoms with Crippen LogP contribution in [-0.2, 0) is 6.54 Å². The van der Waals surface area contributed by atoms with Gasteiger partial charge in [0.05, 0.1) is 28.8 Å². The lowest BCUT2D eigenvalue weighted by Crippen LogP contribution is -2.08. The van der Waals surface area contributed by atoms with Crippen LogP contribution in [0.1, 0.15) is 33.1 Å². The SMILES string of the molecule is CC(C)(C#N)CCCCn1cnc2cc(F)c(F)cc21. The molecule has 0 saturated heterocycles. The van der Waals surface area contributed by atoms with E-state index in [1.165, 1.54) is 6.07 Å². The number of aromatic nitrogens is 2. The molecule has 0 aliphatic heterocycles. The van der Waals surface area contributed by atoms with Crippen molar-refractivity contribution in [2.24, 2.45) is 5.41 Å². The van der Waals surface area contributed by atoms with Crippen molar-refractivity contribution in [1.82, 2.24) is 9.55 Å². The molecule has 2 rings (SSSR count). The summed E-state index contributed by atoms with van der Waals surface area (Å²) in [5.74, 6) is -1.73. The summed E-state index contributed by atoms with van der Waals surface area (Å²) in [4.78, 5) is 4.07. The quantitative estimate of drug-likeness (QED) is 0.774. The molecule has 1 aromatic carbocycles. The van der Waals surface area contributed by atoms with Gasteiger partial charge in [0.25, 0.3) is 0 Å². The molecule has 0 bridgehead atoms. The van der Waals surface area contributed by atoms with E-state index in [1.807, 2.05) is 18.4 Å². The highest BCUT2D eigenvalue weighted by atomic mass is 19.2. The van der Waals surface area contributed by atoms with Crippen molar-refractivity contribution in [3.63, 3.8) is 0 Å². The number of nitriles is 1. The topological polar surface area (TPSA) is 41.6 Å². The van der Waals surface area contributed by atoms with Gasteiger partial charge < -0.3 is 4.57 Å². The van der Waals surface area contributed by atoms with Crippen LogP contribution < -0.4 is 0 Å². The normalized spacial score (nSPS) is 11.8. The maximum Gasteiger partial charge on any atom is 0.161 e. The van der Waals surface area contributed by atoms with E-state index in [2.05, 4.69) is 11.1 Å². The monoisotopic (exact) mass is 277 g/mol. The fraction of sp³-hybridized carbons (Fsp3) is 0.467. The predicted octanol–water partition coefficient (Wildman–Crippen LogP) is 4.03.